The molecule has 0 saturated heterocycles. The van der Waals surface area contributed by atoms with Crippen LogP contribution in [0, 0.1) is 0 Å². The lowest BCUT2D eigenvalue weighted by atomic mass is 10.2. The summed E-state index contributed by atoms with van der Waals surface area (Å²) in [5.41, 5.74) is 0. The molecule has 0 aliphatic carbocycles. The molecule has 0 aromatic carbocycles. The van der Waals surface area contributed by atoms with Crippen molar-refractivity contribution in [3.8, 4) is 0 Å². The Hall–Kier alpha value is -0.500. The molecule has 2 nitrogen and oxygen atoms in total. The molecule has 0 fully saturated rings. The number of aliphatic carboxylic acids is 1. The number of hydrogen-bond donors (Lipinski definition) is 1. The Labute approximate surface area is 71.9 Å². The Morgan fingerprint density at radius 1 is 1.64 bits per heavy atom. The minimum atomic E-state index is -0.934. The van der Waals surface area contributed by atoms with Crippen molar-refractivity contribution in [1.82, 2.24) is 0 Å². The van der Waals surface area contributed by atoms with Gasteiger partial charge >= 0.3 is 5.97 Å². The topological polar surface area (TPSA) is 37.3 Å². The molecule has 1 unspecified atom stereocenters. The lowest BCUT2D eigenvalue weighted by Crippen LogP contribution is -2.12. The maximum absolute atomic E-state index is 10.2. The molecular weight excluding hydrogens is 164 g/mol. The molecule has 64 valence electrons. The zero-order chi connectivity index (χ0) is 8.69. The molecule has 0 aliphatic rings. The molecule has 0 radical (unpaired) electrons. The molecule has 1 N–H and O–H groups in total. The van der Waals surface area contributed by atoms with Crippen LogP contribution in [0.3, 0.4) is 0 Å². The van der Waals surface area contributed by atoms with Gasteiger partial charge < -0.3 is 5.11 Å². The number of hydrogen-bond acceptors (Lipinski definition) is 1. The summed E-state index contributed by atoms with van der Waals surface area (Å²) in [6.07, 6.45) is 6.20. The number of carboxylic acids is 1. The van der Waals surface area contributed by atoms with E-state index >= 15 is 0 Å². The summed E-state index contributed by atoms with van der Waals surface area (Å²) >= 11 is 5.46. The quantitative estimate of drug-likeness (QED) is 0.516. The van der Waals surface area contributed by atoms with Gasteiger partial charge in [-0.15, -0.1) is 11.6 Å². The largest absolute Gasteiger partial charge is 0.480 e. The van der Waals surface area contributed by atoms with Crippen LogP contribution in [0.4, 0.5) is 0 Å². The molecule has 1 atom stereocenters. The zero-order valence-electron chi connectivity index (χ0n) is 6.59. The third kappa shape index (κ3) is 5.92. The molecule has 0 amide bonds. The third-order valence-corrected chi connectivity index (χ3v) is 1.66. The summed E-state index contributed by atoms with van der Waals surface area (Å²) in [4.78, 5) is 10.2. The molecule has 0 bridgehead atoms. The fourth-order valence-corrected chi connectivity index (χ4v) is 0.777. The van der Waals surface area contributed by atoms with Crippen molar-refractivity contribution in [2.45, 2.75) is 31.6 Å². The average Bonchev–Trinajstić information content (AvgIpc) is 1.97. The van der Waals surface area contributed by atoms with Crippen molar-refractivity contribution in [1.29, 1.82) is 0 Å². The highest BCUT2D eigenvalue weighted by Gasteiger charge is 2.10. The van der Waals surface area contributed by atoms with Crippen LogP contribution in [0.25, 0.3) is 0 Å². The van der Waals surface area contributed by atoms with Gasteiger partial charge in [0.15, 0.2) is 0 Å². The monoisotopic (exact) mass is 176 g/mol. The summed E-state index contributed by atoms with van der Waals surface area (Å²) in [6.45, 7) is 2.03. The number of alkyl halides is 1. The van der Waals surface area contributed by atoms with Crippen LogP contribution in [-0.4, -0.2) is 16.5 Å². The predicted octanol–water partition coefficient (Wildman–Crippen LogP) is 2.42. The van der Waals surface area contributed by atoms with Crippen LogP contribution in [0.5, 0.6) is 0 Å². The first-order chi connectivity index (χ1) is 5.18. The number of carboxylic acid groups (broad SMARTS) is 1. The summed E-state index contributed by atoms with van der Waals surface area (Å²) < 4.78 is 0. The summed E-state index contributed by atoms with van der Waals surface area (Å²) in [5.74, 6) is -0.934. The normalized spacial score (nSPS) is 13.6. The SMILES string of the molecule is CC/C=C/CCC(Cl)C(=O)O. The van der Waals surface area contributed by atoms with E-state index in [1.54, 1.807) is 0 Å². The second-order valence-corrected chi connectivity index (χ2v) is 2.79. The van der Waals surface area contributed by atoms with Gasteiger partial charge in [0.2, 0.25) is 0 Å². The van der Waals surface area contributed by atoms with Gasteiger partial charge in [-0.25, -0.2) is 0 Å². The Kier molecular flexibility index (Phi) is 5.94. The highest BCUT2D eigenvalue weighted by molar-refractivity contribution is 6.29. The number of rotatable bonds is 5. The van der Waals surface area contributed by atoms with Crippen molar-refractivity contribution in [3.63, 3.8) is 0 Å². The molecule has 0 aromatic heterocycles. The van der Waals surface area contributed by atoms with Crippen molar-refractivity contribution >= 4 is 17.6 Å². The Bertz CT molecular complexity index is 143. The Balaban J connectivity index is 3.38. The predicted molar refractivity (Wildman–Crippen MR) is 45.9 cm³/mol. The summed E-state index contributed by atoms with van der Waals surface area (Å²) in [6, 6.07) is 0. The minimum Gasteiger partial charge on any atom is -0.480 e. The van der Waals surface area contributed by atoms with Crippen LogP contribution in [-0.2, 0) is 4.79 Å². The molecule has 11 heavy (non-hydrogen) atoms. The first-order valence-electron chi connectivity index (χ1n) is 3.70. The molecule has 0 aromatic rings. The molecule has 3 heteroatoms. The van der Waals surface area contributed by atoms with Gasteiger partial charge in [0.25, 0.3) is 0 Å². The van der Waals surface area contributed by atoms with Gasteiger partial charge in [-0.3, -0.25) is 4.79 Å². The first-order valence-corrected chi connectivity index (χ1v) is 4.14. The standard InChI is InChI=1S/C8H13ClO2/c1-2-3-4-5-6-7(9)8(10)11/h3-4,7H,2,5-6H2,1H3,(H,10,11)/b4-3+. The van der Waals surface area contributed by atoms with Gasteiger partial charge in [-0.2, -0.15) is 0 Å². The molecule has 0 aliphatic heterocycles. The fraction of sp³-hybridized carbons (Fsp3) is 0.625. The van der Waals surface area contributed by atoms with Crippen LogP contribution in [0.15, 0.2) is 12.2 Å². The van der Waals surface area contributed by atoms with E-state index in [-0.39, 0.29) is 0 Å². The molecule has 0 heterocycles. The van der Waals surface area contributed by atoms with E-state index in [2.05, 4.69) is 0 Å². The van der Waals surface area contributed by atoms with Crippen molar-refractivity contribution in [3.05, 3.63) is 12.2 Å². The average molecular weight is 177 g/mol. The lowest BCUT2D eigenvalue weighted by Gasteiger charge is -1.99. The molecule has 0 rings (SSSR count). The van der Waals surface area contributed by atoms with E-state index in [0.29, 0.717) is 6.42 Å². The molecule has 0 spiro atoms. The first kappa shape index (κ1) is 10.5. The third-order valence-electron chi connectivity index (χ3n) is 1.26. The van der Waals surface area contributed by atoms with Crippen molar-refractivity contribution < 1.29 is 9.90 Å². The van der Waals surface area contributed by atoms with Crippen molar-refractivity contribution in [2.24, 2.45) is 0 Å². The highest BCUT2D eigenvalue weighted by Crippen LogP contribution is 2.05. The van der Waals surface area contributed by atoms with Gasteiger partial charge in [0.1, 0.15) is 5.38 Å². The smallest absolute Gasteiger partial charge is 0.321 e. The number of halogens is 1. The number of carbonyl (C=O) groups is 1. The second kappa shape index (κ2) is 6.23. The minimum absolute atomic E-state index is 0.507. The van der Waals surface area contributed by atoms with Gasteiger partial charge in [0, 0.05) is 0 Å². The van der Waals surface area contributed by atoms with Gasteiger partial charge in [-0.1, -0.05) is 19.1 Å². The Morgan fingerprint density at radius 3 is 2.73 bits per heavy atom. The van der Waals surface area contributed by atoms with E-state index in [9.17, 15) is 4.79 Å². The highest BCUT2D eigenvalue weighted by atomic mass is 35.5. The summed E-state index contributed by atoms with van der Waals surface area (Å²) in [5, 5.41) is 7.64. The fourth-order valence-electron chi connectivity index (χ4n) is 0.651. The Morgan fingerprint density at radius 2 is 2.27 bits per heavy atom. The molecule has 0 saturated carbocycles. The van der Waals surface area contributed by atoms with E-state index in [0.717, 1.165) is 12.8 Å². The maximum atomic E-state index is 10.2. The maximum Gasteiger partial charge on any atom is 0.321 e. The molecular formula is C8H13ClO2. The number of allylic oxidation sites excluding steroid dienone is 2. The van der Waals surface area contributed by atoms with E-state index in [1.807, 2.05) is 19.1 Å². The second-order valence-electron chi connectivity index (χ2n) is 2.26. The zero-order valence-corrected chi connectivity index (χ0v) is 7.34. The van der Waals surface area contributed by atoms with E-state index in [1.165, 1.54) is 0 Å². The van der Waals surface area contributed by atoms with E-state index in [4.69, 9.17) is 16.7 Å². The van der Waals surface area contributed by atoms with Gasteiger partial charge in [-0.05, 0) is 19.3 Å². The summed E-state index contributed by atoms with van der Waals surface area (Å²) in [7, 11) is 0. The van der Waals surface area contributed by atoms with Gasteiger partial charge in [0.05, 0.1) is 0 Å². The van der Waals surface area contributed by atoms with Crippen molar-refractivity contribution in [2.75, 3.05) is 0 Å². The van der Waals surface area contributed by atoms with E-state index < -0.39 is 11.3 Å². The van der Waals surface area contributed by atoms with Crippen LogP contribution in [0.1, 0.15) is 26.2 Å². The lowest BCUT2D eigenvalue weighted by molar-refractivity contribution is -0.136. The van der Waals surface area contributed by atoms with Crippen LogP contribution >= 0.6 is 11.6 Å². The van der Waals surface area contributed by atoms with Crippen LogP contribution < -0.4 is 0 Å². The van der Waals surface area contributed by atoms with Crippen LogP contribution in [0.2, 0.25) is 0 Å².